The fraction of sp³-hybridized carbons (Fsp3) is 0. The van der Waals surface area contributed by atoms with E-state index < -0.39 is 0 Å². The van der Waals surface area contributed by atoms with E-state index >= 15 is 0 Å². The predicted octanol–water partition coefficient (Wildman–Crippen LogP) is 14.8. The van der Waals surface area contributed by atoms with Crippen LogP contribution < -0.4 is 4.90 Å². The van der Waals surface area contributed by atoms with Crippen molar-refractivity contribution in [2.24, 2.45) is 0 Å². The quantitative estimate of drug-likeness (QED) is 0.169. The number of nitrogens with zero attached hydrogens (tertiary/aromatic N) is 1. The molecule has 9 aromatic carbocycles. The Morgan fingerprint density at radius 1 is 0.308 bits per heavy atom. The molecule has 0 radical (unpaired) electrons. The molecule has 0 atom stereocenters. The predicted molar refractivity (Wildman–Crippen MR) is 225 cm³/mol. The van der Waals surface area contributed by atoms with Crippen molar-refractivity contribution in [3.8, 4) is 33.4 Å². The lowest BCUT2D eigenvalue weighted by atomic mass is 9.95. The highest BCUT2D eigenvalue weighted by Gasteiger charge is 2.20. The van der Waals surface area contributed by atoms with Gasteiger partial charge < -0.3 is 4.90 Å². The van der Waals surface area contributed by atoms with E-state index in [0.29, 0.717) is 0 Å². The van der Waals surface area contributed by atoms with Gasteiger partial charge in [-0.2, -0.15) is 0 Å². The van der Waals surface area contributed by atoms with Gasteiger partial charge in [0.25, 0.3) is 0 Å². The van der Waals surface area contributed by atoms with Gasteiger partial charge >= 0.3 is 0 Å². The highest BCUT2D eigenvalue weighted by atomic mass is 32.1. The highest BCUT2D eigenvalue weighted by molar-refractivity contribution is 7.25. The minimum absolute atomic E-state index is 1.11. The second-order valence-electron chi connectivity index (χ2n) is 13.3. The smallest absolute Gasteiger partial charge is 0.0546 e. The Bertz CT molecular complexity index is 2900. The summed E-state index contributed by atoms with van der Waals surface area (Å²) in [5.41, 5.74) is 10.6. The number of benzene rings is 9. The topological polar surface area (TPSA) is 3.24 Å². The Morgan fingerprint density at radius 3 is 1.79 bits per heavy atom. The summed E-state index contributed by atoms with van der Waals surface area (Å²) in [6.45, 7) is 0. The monoisotopic (exact) mass is 679 g/mol. The molecule has 0 aliphatic rings. The molecule has 0 aliphatic heterocycles. The first-order valence-corrected chi connectivity index (χ1v) is 18.6. The maximum absolute atomic E-state index is 2.45. The molecule has 1 aromatic heterocycles. The van der Waals surface area contributed by atoms with Crippen LogP contribution >= 0.6 is 11.3 Å². The molecule has 0 saturated carbocycles. The average Bonchev–Trinajstić information content (AvgIpc) is 3.59. The van der Waals surface area contributed by atoms with Crippen LogP contribution in [0.2, 0.25) is 0 Å². The summed E-state index contributed by atoms with van der Waals surface area (Å²) >= 11 is 1.86. The lowest BCUT2D eigenvalue weighted by Gasteiger charge is -2.29. The summed E-state index contributed by atoms with van der Waals surface area (Å²) < 4.78 is 2.59. The van der Waals surface area contributed by atoms with Crippen molar-refractivity contribution >= 4 is 70.1 Å². The van der Waals surface area contributed by atoms with Gasteiger partial charge in [0.1, 0.15) is 0 Å². The number of hydrogen-bond acceptors (Lipinski definition) is 2. The van der Waals surface area contributed by atoms with Crippen molar-refractivity contribution in [3.63, 3.8) is 0 Å². The molecule has 0 saturated heterocycles. The number of rotatable bonds is 6. The molecule has 10 aromatic rings. The molecule has 0 N–H and O–H groups in total. The van der Waals surface area contributed by atoms with Gasteiger partial charge in [0.05, 0.1) is 5.69 Å². The minimum atomic E-state index is 1.11. The molecule has 2 heteroatoms. The lowest BCUT2D eigenvalue weighted by molar-refractivity contribution is 1.29. The molecule has 0 amide bonds. The number of anilines is 3. The molecule has 0 spiro atoms. The van der Waals surface area contributed by atoms with Crippen LogP contribution in [0.5, 0.6) is 0 Å². The first-order valence-electron chi connectivity index (χ1n) is 17.8. The highest BCUT2D eigenvalue weighted by Crippen LogP contribution is 2.46. The summed E-state index contributed by atoms with van der Waals surface area (Å²) in [6, 6.07) is 73.1. The van der Waals surface area contributed by atoms with Crippen molar-refractivity contribution in [2.45, 2.75) is 0 Å². The first kappa shape index (κ1) is 30.4. The Balaban J connectivity index is 1.19. The fourth-order valence-corrected chi connectivity index (χ4v) is 8.81. The molecule has 1 nitrogen and oxygen atoms in total. The molecule has 0 unspecified atom stereocenters. The first-order chi connectivity index (χ1) is 25.8. The van der Waals surface area contributed by atoms with Crippen molar-refractivity contribution in [2.75, 3.05) is 4.90 Å². The van der Waals surface area contributed by atoms with Crippen molar-refractivity contribution < 1.29 is 0 Å². The molecule has 0 fully saturated rings. The van der Waals surface area contributed by atoms with Crippen LogP contribution in [0.25, 0.3) is 75.1 Å². The molecular weight excluding hydrogens is 647 g/mol. The third-order valence-electron chi connectivity index (χ3n) is 10.3. The van der Waals surface area contributed by atoms with E-state index in [1.165, 1.54) is 75.1 Å². The zero-order valence-electron chi connectivity index (χ0n) is 28.4. The molecular formula is C50H33NS. The zero-order chi connectivity index (χ0) is 34.4. The van der Waals surface area contributed by atoms with Gasteiger partial charge in [0, 0.05) is 37.1 Å². The van der Waals surface area contributed by atoms with Gasteiger partial charge in [0.2, 0.25) is 0 Å². The molecule has 0 bridgehead atoms. The van der Waals surface area contributed by atoms with Crippen LogP contribution in [0.15, 0.2) is 200 Å². The van der Waals surface area contributed by atoms with Crippen LogP contribution in [-0.4, -0.2) is 0 Å². The largest absolute Gasteiger partial charge is 0.310 e. The standard InChI is InChI=1S/C50H33NS/c1-2-12-36(13-3-1)45-29-25-40(39-22-21-34-11-4-5-15-38(34)31-39)32-48(45)51(42-28-30-47-46-18-8-9-20-49(46)52-50(47)33-42)41-26-23-37(24-27-41)44-19-10-16-35-14-6-7-17-43(35)44/h1-33H. The molecule has 52 heavy (non-hydrogen) atoms. The normalized spacial score (nSPS) is 11.5. The van der Waals surface area contributed by atoms with Crippen LogP contribution in [0, 0.1) is 0 Å². The maximum Gasteiger partial charge on any atom is 0.0546 e. The second-order valence-corrected chi connectivity index (χ2v) is 14.4. The van der Waals surface area contributed by atoms with Crippen molar-refractivity contribution in [3.05, 3.63) is 200 Å². The Kier molecular flexibility index (Phi) is 7.41. The SMILES string of the molecule is c1ccc(-c2ccc(-c3ccc4ccccc4c3)cc2N(c2ccc(-c3cccc4ccccc34)cc2)c2ccc3c(c2)sc2ccccc23)cc1. The van der Waals surface area contributed by atoms with Gasteiger partial charge in [-0.25, -0.2) is 0 Å². The zero-order valence-corrected chi connectivity index (χ0v) is 29.2. The molecule has 0 aliphatic carbocycles. The maximum atomic E-state index is 2.45. The summed E-state index contributed by atoms with van der Waals surface area (Å²) in [5.74, 6) is 0. The third-order valence-corrected chi connectivity index (χ3v) is 11.4. The van der Waals surface area contributed by atoms with E-state index in [2.05, 4.69) is 205 Å². The van der Waals surface area contributed by atoms with Gasteiger partial charge in [-0.3, -0.25) is 0 Å². The van der Waals surface area contributed by atoms with Gasteiger partial charge in [-0.05, 0) is 91.8 Å². The van der Waals surface area contributed by atoms with E-state index in [9.17, 15) is 0 Å². The fourth-order valence-electron chi connectivity index (χ4n) is 7.68. The molecule has 244 valence electrons. The Hall–Kier alpha value is -6.48. The summed E-state index contributed by atoms with van der Waals surface area (Å²) in [6.07, 6.45) is 0. The second kappa shape index (κ2) is 12.7. The lowest BCUT2D eigenvalue weighted by Crippen LogP contribution is -2.11. The van der Waals surface area contributed by atoms with Crippen LogP contribution in [-0.2, 0) is 0 Å². The van der Waals surface area contributed by atoms with E-state index in [1.54, 1.807) is 0 Å². The number of fused-ring (bicyclic) bond motifs is 5. The van der Waals surface area contributed by atoms with Crippen molar-refractivity contribution in [1.82, 2.24) is 0 Å². The Labute approximate surface area is 307 Å². The van der Waals surface area contributed by atoms with E-state index in [1.807, 2.05) is 11.3 Å². The van der Waals surface area contributed by atoms with E-state index in [0.717, 1.165) is 17.1 Å². The number of thiophene rings is 1. The van der Waals surface area contributed by atoms with Crippen LogP contribution in [0.3, 0.4) is 0 Å². The summed E-state index contributed by atoms with van der Waals surface area (Å²) in [7, 11) is 0. The van der Waals surface area contributed by atoms with Crippen LogP contribution in [0.4, 0.5) is 17.1 Å². The molecule has 10 rings (SSSR count). The Morgan fingerprint density at radius 2 is 0.923 bits per heavy atom. The van der Waals surface area contributed by atoms with E-state index in [-0.39, 0.29) is 0 Å². The van der Waals surface area contributed by atoms with Crippen LogP contribution in [0.1, 0.15) is 0 Å². The van der Waals surface area contributed by atoms with E-state index in [4.69, 9.17) is 0 Å². The third kappa shape index (κ3) is 5.33. The molecule has 1 heterocycles. The summed E-state index contributed by atoms with van der Waals surface area (Å²) in [5, 5.41) is 7.61. The van der Waals surface area contributed by atoms with Gasteiger partial charge in [0.15, 0.2) is 0 Å². The van der Waals surface area contributed by atoms with Gasteiger partial charge in [-0.1, -0.05) is 158 Å². The van der Waals surface area contributed by atoms with Gasteiger partial charge in [-0.15, -0.1) is 11.3 Å². The summed E-state index contributed by atoms with van der Waals surface area (Å²) in [4.78, 5) is 2.45. The van der Waals surface area contributed by atoms with Crippen molar-refractivity contribution in [1.29, 1.82) is 0 Å². The average molecular weight is 680 g/mol. The minimum Gasteiger partial charge on any atom is -0.310 e. The number of hydrogen-bond donors (Lipinski definition) is 0.